The summed E-state index contributed by atoms with van der Waals surface area (Å²) < 4.78 is 39.0. The summed E-state index contributed by atoms with van der Waals surface area (Å²) in [4.78, 5) is 5.32. The first-order valence-corrected chi connectivity index (χ1v) is 14.6. The molecule has 2 saturated carbocycles. The topological polar surface area (TPSA) is 49.0 Å². The minimum atomic E-state index is -4.27. The van der Waals surface area contributed by atoms with E-state index in [0.29, 0.717) is 11.7 Å². The number of benzene rings is 1. The molecule has 0 bridgehead atoms. The van der Waals surface area contributed by atoms with E-state index in [1.54, 1.807) is 0 Å². The van der Waals surface area contributed by atoms with Crippen LogP contribution in [-0.2, 0) is 11.0 Å². The maximum absolute atomic E-state index is 12.9. The summed E-state index contributed by atoms with van der Waals surface area (Å²) in [7, 11) is 0. The van der Waals surface area contributed by atoms with E-state index in [2.05, 4.69) is 75.3 Å². The number of nitrogens with zero attached hydrogens (tertiary/aromatic N) is 1. The monoisotopic (exact) mass is 534 g/mol. The Morgan fingerprint density at radius 1 is 1.11 bits per heavy atom. The van der Waals surface area contributed by atoms with Crippen LogP contribution in [0.15, 0.2) is 18.2 Å². The van der Waals surface area contributed by atoms with Gasteiger partial charge in [-0.15, -0.1) is 0 Å². The number of thioether (sulfide) groups is 1. The van der Waals surface area contributed by atoms with Crippen molar-refractivity contribution in [2.75, 3.05) is 24.2 Å². The summed E-state index contributed by atoms with van der Waals surface area (Å²) in [6, 6.07) is 6.28. The number of hydrogen-bond donors (Lipinski definition) is 3. The number of fused-ring (bicyclic) bond motifs is 1. The molecule has 0 amide bonds. The van der Waals surface area contributed by atoms with Gasteiger partial charge in [0.2, 0.25) is 0 Å². The summed E-state index contributed by atoms with van der Waals surface area (Å²) >= 11 is 2.07. The number of aromatic nitrogens is 1. The molecule has 1 aromatic carbocycles. The van der Waals surface area contributed by atoms with Crippen LogP contribution in [0.1, 0.15) is 83.5 Å². The standard InChI is InChI=1S/C29H41F3N4S/c1-18-13-22(27(9-7-8-10-27)36-23-16-28(23)26(5,6)37-12-11-34-28)35-24-20(18)14-19(33-17-29(30,31)32)15-21(24)25(2,3)4/h13-15,23,33-34,36H,7-12,16-17H2,1-6H3. The van der Waals surface area contributed by atoms with Crippen molar-refractivity contribution in [3.8, 4) is 0 Å². The molecule has 1 aliphatic heterocycles. The predicted molar refractivity (Wildman–Crippen MR) is 149 cm³/mol. The molecule has 8 heteroatoms. The average Bonchev–Trinajstić information content (AvgIpc) is 3.25. The van der Waals surface area contributed by atoms with Crippen molar-refractivity contribution in [3.05, 3.63) is 35.0 Å². The Labute approximate surface area is 223 Å². The number of pyridine rings is 1. The molecule has 2 heterocycles. The molecule has 2 aromatic rings. The molecule has 204 valence electrons. The fourth-order valence-electron chi connectivity index (χ4n) is 6.62. The Kier molecular flexibility index (Phi) is 6.60. The second-order valence-corrected chi connectivity index (χ2v) is 14.6. The van der Waals surface area contributed by atoms with Crippen molar-refractivity contribution in [1.82, 2.24) is 15.6 Å². The van der Waals surface area contributed by atoms with Gasteiger partial charge in [-0.25, -0.2) is 0 Å². The van der Waals surface area contributed by atoms with E-state index in [1.165, 1.54) is 12.8 Å². The van der Waals surface area contributed by atoms with Gasteiger partial charge in [0.1, 0.15) is 6.54 Å². The fourth-order valence-corrected chi connectivity index (χ4v) is 7.89. The van der Waals surface area contributed by atoms with E-state index >= 15 is 0 Å². The van der Waals surface area contributed by atoms with E-state index < -0.39 is 12.7 Å². The molecular formula is C29H41F3N4S. The van der Waals surface area contributed by atoms with Gasteiger partial charge in [0.25, 0.3) is 0 Å². The maximum Gasteiger partial charge on any atom is 0.405 e. The molecule has 0 radical (unpaired) electrons. The molecule has 5 rings (SSSR count). The van der Waals surface area contributed by atoms with Crippen LogP contribution in [0.3, 0.4) is 0 Å². The van der Waals surface area contributed by atoms with Gasteiger partial charge in [0.05, 0.1) is 16.7 Å². The SMILES string of the molecule is Cc1cc(C2(NC3CC34NCCSC4(C)C)CCCC2)nc2c(C(C)(C)C)cc(NCC(F)(F)F)cc12. The number of rotatable bonds is 5. The molecule has 2 atom stereocenters. The quantitative estimate of drug-likeness (QED) is 0.394. The Bertz CT molecular complexity index is 1180. The molecule has 1 saturated heterocycles. The van der Waals surface area contributed by atoms with Crippen LogP contribution in [0.5, 0.6) is 0 Å². The Hall–Kier alpha value is -1.51. The minimum Gasteiger partial charge on any atom is -0.376 e. The zero-order chi connectivity index (χ0) is 26.9. The van der Waals surface area contributed by atoms with E-state index in [-0.39, 0.29) is 21.2 Å². The van der Waals surface area contributed by atoms with Gasteiger partial charge < -0.3 is 16.0 Å². The second kappa shape index (κ2) is 9.02. The van der Waals surface area contributed by atoms with Gasteiger partial charge in [0, 0.05) is 39.7 Å². The second-order valence-electron chi connectivity index (χ2n) is 12.9. The van der Waals surface area contributed by atoms with E-state index in [9.17, 15) is 13.2 Å². The highest BCUT2D eigenvalue weighted by Crippen LogP contribution is 2.55. The first kappa shape index (κ1) is 27.1. The van der Waals surface area contributed by atoms with Crippen LogP contribution >= 0.6 is 11.8 Å². The van der Waals surface area contributed by atoms with Crippen molar-refractivity contribution in [1.29, 1.82) is 0 Å². The third-order valence-electron chi connectivity index (χ3n) is 8.86. The van der Waals surface area contributed by atoms with Gasteiger partial charge >= 0.3 is 6.18 Å². The van der Waals surface area contributed by atoms with Crippen molar-refractivity contribution in [2.24, 2.45) is 0 Å². The van der Waals surface area contributed by atoms with Crippen LogP contribution in [0.2, 0.25) is 0 Å². The van der Waals surface area contributed by atoms with Gasteiger partial charge in [-0.2, -0.15) is 24.9 Å². The average molecular weight is 535 g/mol. The zero-order valence-electron chi connectivity index (χ0n) is 23.0. The van der Waals surface area contributed by atoms with E-state index in [4.69, 9.17) is 4.98 Å². The summed E-state index contributed by atoms with van der Waals surface area (Å²) in [6.07, 6.45) is 1.31. The highest BCUT2D eigenvalue weighted by molar-refractivity contribution is 8.00. The van der Waals surface area contributed by atoms with Crippen LogP contribution in [0.25, 0.3) is 10.9 Å². The molecule has 1 aromatic heterocycles. The number of nitrogens with one attached hydrogen (secondary N) is 3. The molecule has 4 nitrogen and oxygen atoms in total. The summed E-state index contributed by atoms with van der Waals surface area (Å²) in [5, 5.41) is 11.5. The minimum absolute atomic E-state index is 0.118. The molecule has 3 fully saturated rings. The van der Waals surface area contributed by atoms with Crippen molar-refractivity contribution in [2.45, 2.75) is 107 Å². The van der Waals surface area contributed by atoms with Gasteiger partial charge in [0.15, 0.2) is 0 Å². The molecule has 3 N–H and O–H groups in total. The van der Waals surface area contributed by atoms with Gasteiger partial charge in [-0.05, 0) is 74.8 Å². The molecule has 2 unspecified atom stereocenters. The molecule has 1 spiro atoms. The van der Waals surface area contributed by atoms with Gasteiger partial charge in [-0.1, -0.05) is 33.6 Å². The summed E-state index contributed by atoms with van der Waals surface area (Å²) in [6.45, 7) is 13.1. The Morgan fingerprint density at radius 2 is 1.81 bits per heavy atom. The predicted octanol–water partition coefficient (Wildman–Crippen LogP) is 6.80. The highest BCUT2D eigenvalue weighted by Gasteiger charge is 2.65. The Balaban J connectivity index is 1.54. The van der Waals surface area contributed by atoms with E-state index in [1.807, 2.05) is 12.1 Å². The normalized spacial score (nSPS) is 27.1. The van der Waals surface area contributed by atoms with Crippen LogP contribution in [0.4, 0.5) is 18.9 Å². The summed E-state index contributed by atoms with van der Waals surface area (Å²) in [5.41, 5.74) is 4.20. The molecule has 3 aliphatic rings. The zero-order valence-corrected chi connectivity index (χ0v) is 23.8. The molecule has 2 aliphatic carbocycles. The lowest BCUT2D eigenvalue weighted by Gasteiger charge is -2.42. The highest BCUT2D eigenvalue weighted by atomic mass is 32.2. The lowest BCUT2D eigenvalue weighted by atomic mass is 9.83. The maximum atomic E-state index is 12.9. The smallest absolute Gasteiger partial charge is 0.376 e. The van der Waals surface area contributed by atoms with Crippen molar-refractivity contribution >= 4 is 28.4 Å². The third-order valence-corrected chi connectivity index (χ3v) is 10.4. The largest absolute Gasteiger partial charge is 0.405 e. The molecule has 37 heavy (non-hydrogen) atoms. The lowest BCUT2D eigenvalue weighted by Crippen LogP contribution is -2.58. The van der Waals surface area contributed by atoms with Crippen LogP contribution in [0, 0.1) is 6.92 Å². The number of hydrogen-bond acceptors (Lipinski definition) is 5. The van der Waals surface area contributed by atoms with E-state index in [0.717, 1.165) is 59.3 Å². The first-order chi connectivity index (χ1) is 17.2. The first-order valence-electron chi connectivity index (χ1n) is 13.6. The number of anilines is 1. The number of aryl methyl sites for hydroxylation is 1. The van der Waals surface area contributed by atoms with Crippen molar-refractivity contribution in [3.63, 3.8) is 0 Å². The molecular weight excluding hydrogens is 493 g/mol. The third kappa shape index (κ3) is 4.98. The number of halogens is 3. The summed E-state index contributed by atoms with van der Waals surface area (Å²) in [5.74, 6) is 1.15. The van der Waals surface area contributed by atoms with Gasteiger partial charge in [-0.3, -0.25) is 4.98 Å². The fraction of sp³-hybridized carbons (Fsp3) is 0.690. The van der Waals surface area contributed by atoms with Crippen LogP contribution < -0.4 is 16.0 Å². The number of alkyl halides is 3. The Morgan fingerprint density at radius 3 is 2.43 bits per heavy atom. The van der Waals surface area contributed by atoms with Crippen molar-refractivity contribution < 1.29 is 13.2 Å². The lowest BCUT2D eigenvalue weighted by molar-refractivity contribution is -0.115. The van der Waals surface area contributed by atoms with Crippen LogP contribution in [-0.4, -0.2) is 46.3 Å².